The summed E-state index contributed by atoms with van der Waals surface area (Å²) in [6.45, 7) is 1.68. The molecule has 2 N–H and O–H groups in total. The Balaban J connectivity index is 1.45. The van der Waals surface area contributed by atoms with E-state index in [9.17, 15) is 18.4 Å². The van der Waals surface area contributed by atoms with Gasteiger partial charge in [-0.3, -0.25) is 14.3 Å². The van der Waals surface area contributed by atoms with E-state index >= 15 is 0 Å². The largest absolute Gasteiger partial charge is 0.457 e. The predicted octanol–water partition coefficient (Wildman–Crippen LogP) is 4.38. The van der Waals surface area contributed by atoms with Crippen molar-refractivity contribution in [1.82, 2.24) is 20.1 Å². The molecule has 0 unspecified atom stereocenters. The molecule has 10 heteroatoms. The number of ether oxygens (including phenoxy) is 1. The molecule has 0 atom stereocenters. The minimum absolute atomic E-state index is 0.0393. The standard InChI is InChI=1S/C25H21F2N5O3/c1-15-21(25(34)29-12-16-8-18(26)10-19(27)9-16)4-3-5-22(15)35-20-6-7-28-23(11-20)31-24(33)17-13-30-32(2)14-17/h3-11,13-14H,12H2,1-2H3,(H,29,34)(H,28,31,33). The van der Waals surface area contributed by atoms with Crippen LogP contribution in [0.3, 0.4) is 0 Å². The zero-order valence-corrected chi connectivity index (χ0v) is 18.9. The van der Waals surface area contributed by atoms with Gasteiger partial charge in [0.05, 0.1) is 11.8 Å². The van der Waals surface area contributed by atoms with E-state index in [4.69, 9.17) is 4.74 Å². The first kappa shape index (κ1) is 23.6. The zero-order valence-electron chi connectivity index (χ0n) is 18.9. The van der Waals surface area contributed by atoms with Crippen LogP contribution in [-0.4, -0.2) is 26.6 Å². The van der Waals surface area contributed by atoms with E-state index in [0.717, 1.165) is 18.2 Å². The van der Waals surface area contributed by atoms with Crippen LogP contribution >= 0.6 is 0 Å². The van der Waals surface area contributed by atoms with E-state index in [-0.39, 0.29) is 18.3 Å². The third-order valence-electron chi connectivity index (χ3n) is 5.07. The lowest BCUT2D eigenvalue weighted by atomic mass is 10.1. The number of pyridine rings is 1. The quantitative estimate of drug-likeness (QED) is 0.412. The first-order chi connectivity index (χ1) is 16.8. The third kappa shape index (κ3) is 5.85. The minimum atomic E-state index is -0.714. The van der Waals surface area contributed by atoms with E-state index in [0.29, 0.717) is 33.8 Å². The second kappa shape index (κ2) is 10.1. The lowest BCUT2D eigenvalue weighted by Gasteiger charge is -2.13. The fourth-order valence-electron chi connectivity index (χ4n) is 3.36. The third-order valence-corrected chi connectivity index (χ3v) is 5.07. The van der Waals surface area contributed by atoms with Gasteiger partial charge in [-0.25, -0.2) is 13.8 Å². The van der Waals surface area contributed by atoms with Crippen molar-refractivity contribution in [3.63, 3.8) is 0 Å². The van der Waals surface area contributed by atoms with Gasteiger partial charge in [-0.05, 0) is 42.8 Å². The van der Waals surface area contributed by atoms with Gasteiger partial charge < -0.3 is 15.4 Å². The smallest absolute Gasteiger partial charge is 0.260 e. The molecule has 2 heterocycles. The van der Waals surface area contributed by atoms with Crippen LogP contribution in [-0.2, 0) is 13.6 Å². The summed E-state index contributed by atoms with van der Waals surface area (Å²) in [5.74, 6) is -1.11. The summed E-state index contributed by atoms with van der Waals surface area (Å²) in [5, 5.41) is 9.31. The number of nitrogens with zero attached hydrogens (tertiary/aromatic N) is 3. The maximum absolute atomic E-state index is 13.4. The summed E-state index contributed by atoms with van der Waals surface area (Å²) >= 11 is 0. The SMILES string of the molecule is Cc1c(Oc2ccnc(NC(=O)c3cnn(C)c3)c2)cccc1C(=O)NCc1cc(F)cc(F)c1. The number of anilines is 1. The first-order valence-electron chi connectivity index (χ1n) is 10.5. The number of hydrogen-bond acceptors (Lipinski definition) is 5. The van der Waals surface area contributed by atoms with Crippen LogP contribution in [0, 0.1) is 18.6 Å². The van der Waals surface area contributed by atoms with Gasteiger partial charge in [0.15, 0.2) is 0 Å². The van der Waals surface area contributed by atoms with E-state index in [2.05, 4.69) is 20.7 Å². The first-order valence-corrected chi connectivity index (χ1v) is 10.5. The van der Waals surface area contributed by atoms with Crippen LogP contribution in [0.5, 0.6) is 11.5 Å². The number of hydrogen-bond donors (Lipinski definition) is 2. The number of halogens is 2. The summed E-state index contributed by atoms with van der Waals surface area (Å²) < 4.78 is 34.2. The van der Waals surface area contributed by atoms with Gasteiger partial charge in [0.25, 0.3) is 11.8 Å². The number of nitrogens with one attached hydrogen (secondary N) is 2. The molecule has 35 heavy (non-hydrogen) atoms. The van der Waals surface area contributed by atoms with Crippen molar-refractivity contribution < 1.29 is 23.1 Å². The molecule has 0 spiro atoms. The minimum Gasteiger partial charge on any atom is -0.457 e. The van der Waals surface area contributed by atoms with E-state index in [1.165, 1.54) is 17.1 Å². The molecule has 4 rings (SSSR count). The van der Waals surface area contributed by atoms with Crippen LogP contribution in [0.25, 0.3) is 0 Å². The monoisotopic (exact) mass is 477 g/mol. The highest BCUT2D eigenvalue weighted by atomic mass is 19.1. The van der Waals surface area contributed by atoms with Crippen molar-refractivity contribution in [3.8, 4) is 11.5 Å². The number of aromatic nitrogens is 3. The molecular weight excluding hydrogens is 456 g/mol. The van der Waals surface area contributed by atoms with Gasteiger partial charge in [0, 0.05) is 49.2 Å². The van der Waals surface area contributed by atoms with Crippen LogP contribution in [0.4, 0.5) is 14.6 Å². The number of aryl methyl sites for hydroxylation is 1. The molecule has 0 aliphatic heterocycles. The normalized spacial score (nSPS) is 10.6. The fraction of sp³-hybridized carbons (Fsp3) is 0.120. The number of benzene rings is 2. The summed E-state index contributed by atoms with van der Waals surface area (Å²) in [6, 6.07) is 11.2. The highest BCUT2D eigenvalue weighted by molar-refractivity contribution is 6.03. The topological polar surface area (TPSA) is 98.1 Å². The lowest BCUT2D eigenvalue weighted by Crippen LogP contribution is -2.23. The van der Waals surface area contributed by atoms with Crippen LogP contribution in [0.1, 0.15) is 31.8 Å². The van der Waals surface area contributed by atoms with Crippen LogP contribution < -0.4 is 15.4 Å². The zero-order chi connectivity index (χ0) is 24.9. The van der Waals surface area contributed by atoms with Crippen LogP contribution in [0.2, 0.25) is 0 Å². The van der Waals surface area contributed by atoms with Gasteiger partial charge in [-0.1, -0.05) is 6.07 Å². The Kier molecular flexibility index (Phi) is 6.81. The van der Waals surface area contributed by atoms with Gasteiger partial charge in [0.2, 0.25) is 0 Å². The van der Waals surface area contributed by atoms with E-state index in [1.807, 2.05) is 0 Å². The molecule has 2 amide bonds. The molecule has 2 aromatic heterocycles. The number of rotatable bonds is 7. The number of amides is 2. The Morgan fingerprint density at radius 3 is 2.54 bits per heavy atom. The average Bonchev–Trinajstić information content (AvgIpc) is 3.25. The maximum atomic E-state index is 13.4. The average molecular weight is 477 g/mol. The van der Waals surface area contributed by atoms with Gasteiger partial charge in [-0.2, -0.15) is 5.10 Å². The molecule has 4 aromatic rings. The summed E-state index contributed by atoms with van der Waals surface area (Å²) in [6.07, 6.45) is 4.51. The molecule has 0 radical (unpaired) electrons. The molecule has 0 fully saturated rings. The second-order valence-corrected chi connectivity index (χ2v) is 7.72. The highest BCUT2D eigenvalue weighted by Gasteiger charge is 2.14. The molecule has 8 nitrogen and oxygen atoms in total. The fourth-order valence-corrected chi connectivity index (χ4v) is 3.36. The Morgan fingerprint density at radius 2 is 1.83 bits per heavy atom. The molecular formula is C25H21F2N5O3. The van der Waals surface area contributed by atoms with Crippen molar-refractivity contribution in [2.45, 2.75) is 13.5 Å². The van der Waals surface area contributed by atoms with Gasteiger partial charge >= 0.3 is 0 Å². The van der Waals surface area contributed by atoms with Gasteiger partial charge in [-0.15, -0.1) is 0 Å². The molecule has 0 aliphatic rings. The van der Waals surface area contributed by atoms with Crippen molar-refractivity contribution in [3.05, 3.63) is 101 Å². The molecule has 2 aromatic carbocycles. The highest BCUT2D eigenvalue weighted by Crippen LogP contribution is 2.28. The van der Waals surface area contributed by atoms with Crippen molar-refractivity contribution in [2.75, 3.05) is 5.32 Å². The lowest BCUT2D eigenvalue weighted by molar-refractivity contribution is 0.0949. The Hall–Kier alpha value is -4.60. The number of carbonyl (C=O) groups is 2. The van der Waals surface area contributed by atoms with Crippen molar-refractivity contribution in [2.24, 2.45) is 7.05 Å². The summed E-state index contributed by atoms with van der Waals surface area (Å²) in [4.78, 5) is 29.2. The summed E-state index contributed by atoms with van der Waals surface area (Å²) in [7, 11) is 1.71. The second-order valence-electron chi connectivity index (χ2n) is 7.72. The van der Waals surface area contributed by atoms with E-state index in [1.54, 1.807) is 50.5 Å². The Labute approximate surface area is 199 Å². The van der Waals surface area contributed by atoms with Gasteiger partial charge in [0.1, 0.15) is 29.0 Å². The summed E-state index contributed by atoms with van der Waals surface area (Å²) in [5.41, 5.74) is 1.60. The predicted molar refractivity (Wildman–Crippen MR) is 124 cm³/mol. The molecule has 0 saturated carbocycles. The van der Waals surface area contributed by atoms with E-state index < -0.39 is 17.5 Å². The molecule has 0 bridgehead atoms. The Bertz CT molecular complexity index is 1380. The van der Waals surface area contributed by atoms with Crippen molar-refractivity contribution in [1.29, 1.82) is 0 Å². The van der Waals surface area contributed by atoms with Crippen molar-refractivity contribution >= 4 is 17.6 Å². The molecule has 0 aliphatic carbocycles. The molecule has 178 valence electrons. The Morgan fingerprint density at radius 1 is 1.06 bits per heavy atom. The van der Waals surface area contributed by atoms with Crippen LogP contribution in [0.15, 0.2) is 67.1 Å². The molecule has 0 saturated heterocycles. The maximum Gasteiger partial charge on any atom is 0.260 e. The number of carbonyl (C=O) groups excluding carboxylic acids is 2.